The fraction of sp³-hybridized carbons (Fsp3) is 0.875. The van der Waals surface area contributed by atoms with Crippen molar-refractivity contribution in [3.8, 4) is 0 Å². The SMILES string of the molecule is CCNC(=NCCN(C)C(C)C)N1CC(C)C(C(=O)OC)C1.I. The molecule has 0 aliphatic carbocycles. The van der Waals surface area contributed by atoms with Crippen molar-refractivity contribution in [1.82, 2.24) is 15.1 Å². The summed E-state index contributed by atoms with van der Waals surface area (Å²) >= 11 is 0. The first kappa shape index (κ1) is 22.4. The van der Waals surface area contributed by atoms with Crippen LogP contribution in [0.5, 0.6) is 0 Å². The normalized spacial score (nSPS) is 21.6. The number of esters is 1. The van der Waals surface area contributed by atoms with E-state index in [2.05, 4.69) is 49.9 Å². The average molecular weight is 440 g/mol. The molecule has 0 bridgehead atoms. The topological polar surface area (TPSA) is 57.2 Å². The van der Waals surface area contributed by atoms with Crippen LogP contribution >= 0.6 is 24.0 Å². The fourth-order valence-corrected chi connectivity index (χ4v) is 2.60. The summed E-state index contributed by atoms with van der Waals surface area (Å²) in [7, 11) is 3.57. The molecule has 0 spiro atoms. The molecule has 6 nitrogen and oxygen atoms in total. The lowest BCUT2D eigenvalue weighted by Gasteiger charge is -2.23. The van der Waals surface area contributed by atoms with Crippen LogP contribution in [0.4, 0.5) is 0 Å². The van der Waals surface area contributed by atoms with Gasteiger partial charge < -0.3 is 19.9 Å². The van der Waals surface area contributed by atoms with E-state index in [0.717, 1.165) is 32.1 Å². The molecule has 0 aromatic carbocycles. The molecular formula is C16H33IN4O2. The summed E-state index contributed by atoms with van der Waals surface area (Å²) in [5, 5.41) is 3.33. The first-order valence-electron chi connectivity index (χ1n) is 8.22. The zero-order valence-corrected chi connectivity index (χ0v) is 17.7. The summed E-state index contributed by atoms with van der Waals surface area (Å²) in [6.45, 7) is 12.5. The molecule has 1 N–H and O–H groups in total. The zero-order chi connectivity index (χ0) is 16.7. The summed E-state index contributed by atoms with van der Waals surface area (Å²) in [6, 6.07) is 0.522. The van der Waals surface area contributed by atoms with Gasteiger partial charge in [-0.1, -0.05) is 6.92 Å². The van der Waals surface area contributed by atoms with Crippen molar-refractivity contribution in [2.75, 3.05) is 46.9 Å². The highest BCUT2D eigenvalue weighted by atomic mass is 127. The van der Waals surface area contributed by atoms with Gasteiger partial charge in [0.2, 0.25) is 0 Å². The minimum absolute atomic E-state index is 0. The highest BCUT2D eigenvalue weighted by Gasteiger charge is 2.36. The second kappa shape index (κ2) is 11.1. The van der Waals surface area contributed by atoms with E-state index in [-0.39, 0.29) is 41.8 Å². The molecule has 1 aliphatic rings. The van der Waals surface area contributed by atoms with Crippen LogP contribution in [-0.2, 0) is 9.53 Å². The Morgan fingerprint density at radius 3 is 2.61 bits per heavy atom. The van der Waals surface area contributed by atoms with E-state index in [0.29, 0.717) is 12.6 Å². The molecule has 23 heavy (non-hydrogen) atoms. The highest BCUT2D eigenvalue weighted by Crippen LogP contribution is 2.24. The Hall–Kier alpha value is -0.570. The third-order valence-electron chi connectivity index (χ3n) is 4.35. The first-order valence-corrected chi connectivity index (χ1v) is 8.22. The van der Waals surface area contributed by atoms with Gasteiger partial charge >= 0.3 is 5.97 Å². The monoisotopic (exact) mass is 440 g/mol. The Labute approximate surface area is 158 Å². The Balaban J connectivity index is 0.00000484. The Bertz CT molecular complexity index is 390. The first-order chi connectivity index (χ1) is 10.4. The molecule has 0 radical (unpaired) electrons. The molecule has 0 aromatic heterocycles. The summed E-state index contributed by atoms with van der Waals surface area (Å²) in [6.07, 6.45) is 0. The van der Waals surface area contributed by atoms with Crippen molar-refractivity contribution in [3.05, 3.63) is 0 Å². The second-order valence-corrected chi connectivity index (χ2v) is 6.32. The lowest BCUT2D eigenvalue weighted by Crippen LogP contribution is -2.41. The average Bonchev–Trinajstić information content (AvgIpc) is 2.87. The van der Waals surface area contributed by atoms with Gasteiger partial charge in [-0.2, -0.15) is 0 Å². The van der Waals surface area contributed by atoms with Crippen molar-refractivity contribution >= 4 is 35.9 Å². The molecule has 0 aromatic rings. The van der Waals surface area contributed by atoms with Gasteiger partial charge in [0.15, 0.2) is 5.96 Å². The van der Waals surface area contributed by atoms with Crippen LogP contribution in [0, 0.1) is 11.8 Å². The van der Waals surface area contributed by atoms with Crippen molar-refractivity contribution in [2.24, 2.45) is 16.8 Å². The lowest BCUT2D eigenvalue weighted by atomic mass is 9.99. The smallest absolute Gasteiger partial charge is 0.310 e. The molecule has 7 heteroatoms. The van der Waals surface area contributed by atoms with E-state index in [9.17, 15) is 4.79 Å². The van der Waals surface area contributed by atoms with Gasteiger partial charge in [-0.15, -0.1) is 24.0 Å². The van der Waals surface area contributed by atoms with Gasteiger partial charge in [0.25, 0.3) is 0 Å². The standard InChI is InChI=1S/C16H32N4O2.HI/c1-7-17-16(18-8-9-19(5)12(2)3)20-10-13(4)14(11-20)15(21)22-6;/h12-14H,7-11H2,1-6H3,(H,17,18);1H. The van der Waals surface area contributed by atoms with Gasteiger partial charge in [0.1, 0.15) is 0 Å². The van der Waals surface area contributed by atoms with Gasteiger partial charge in [-0.05, 0) is 33.7 Å². The van der Waals surface area contributed by atoms with Crippen molar-refractivity contribution in [2.45, 2.75) is 33.7 Å². The van der Waals surface area contributed by atoms with Gasteiger partial charge in [0, 0.05) is 32.2 Å². The third kappa shape index (κ3) is 6.82. The number of guanidine groups is 1. The Morgan fingerprint density at radius 1 is 1.43 bits per heavy atom. The van der Waals surface area contributed by atoms with Gasteiger partial charge in [-0.25, -0.2) is 0 Å². The number of carbonyl (C=O) groups is 1. The number of aliphatic imine (C=N–C) groups is 1. The van der Waals surface area contributed by atoms with Crippen molar-refractivity contribution < 1.29 is 9.53 Å². The molecule has 136 valence electrons. The number of rotatable bonds is 6. The summed E-state index contributed by atoms with van der Waals surface area (Å²) in [4.78, 5) is 21.0. The maximum atomic E-state index is 11.8. The number of likely N-dealkylation sites (N-methyl/N-ethyl adjacent to an activating group) is 1. The van der Waals surface area contributed by atoms with E-state index < -0.39 is 0 Å². The maximum absolute atomic E-state index is 11.8. The number of carbonyl (C=O) groups excluding carboxylic acids is 1. The number of likely N-dealkylation sites (tertiary alicyclic amines) is 1. The molecule has 2 unspecified atom stereocenters. The lowest BCUT2D eigenvalue weighted by molar-refractivity contribution is -0.145. The van der Waals surface area contributed by atoms with E-state index in [1.165, 1.54) is 7.11 Å². The largest absolute Gasteiger partial charge is 0.469 e. The number of methoxy groups -OCH3 is 1. The highest BCUT2D eigenvalue weighted by molar-refractivity contribution is 14.0. The second-order valence-electron chi connectivity index (χ2n) is 6.32. The molecule has 1 saturated heterocycles. The predicted molar refractivity (Wildman–Crippen MR) is 105 cm³/mol. The molecule has 1 heterocycles. The number of hydrogen-bond donors (Lipinski definition) is 1. The number of hydrogen-bond acceptors (Lipinski definition) is 4. The van der Waals surface area contributed by atoms with Crippen LogP contribution in [-0.4, -0.2) is 74.7 Å². The molecule has 1 fully saturated rings. The van der Waals surface area contributed by atoms with E-state index >= 15 is 0 Å². The Morgan fingerprint density at radius 2 is 2.09 bits per heavy atom. The van der Waals surface area contributed by atoms with Crippen LogP contribution in [0.2, 0.25) is 0 Å². The zero-order valence-electron chi connectivity index (χ0n) is 15.3. The van der Waals surface area contributed by atoms with Gasteiger partial charge in [-0.3, -0.25) is 9.79 Å². The van der Waals surface area contributed by atoms with Crippen LogP contribution in [0.3, 0.4) is 0 Å². The summed E-state index contributed by atoms with van der Waals surface area (Å²) in [5.74, 6) is 1.00. The van der Waals surface area contributed by atoms with Crippen molar-refractivity contribution in [1.29, 1.82) is 0 Å². The van der Waals surface area contributed by atoms with Crippen LogP contribution in [0.25, 0.3) is 0 Å². The molecule has 0 saturated carbocycles. The maximum Gasteiger partial charge on any atom is 0.310 e. The number of nitrogens with zero attached hydrogens (tertiary/aromatic N) is 3. The molecular weight excluding hydrogens is 407 g/mol. The van der Waals surface area contributed by atoms with E-state index in [4.69, 9.17) is 9.73 Å². The molecule has 1 aliphatic heterocycles. The predicted octanol–water partition coefficient (Wildman–Crippen LogP) is 1.65. The number of nitrogens with one attached hydrogen (secondary N) is 1. The van der Waals surface area contributed by atoms with Crippen LogP contribution in [0.15, 0.2) is 4.99 Å². The van der Waals surface area contributed by atoms with Crippen LogP contribution < -0.4 is 5.32 Å². The fourth-order valence-electron chi connectivity index (χ4n) is 2.60. The quantitative estimate of drug-likeness (QED) is 0.295. The summed E-state index contributed by atoms with van der Waals surface area (Å²) < 4.78 is 4.90. The number of halogens is 1. The summed E-state index contributed by atoms with van der Waals surface area (Å²) in [5.41, 5.74) is 0. The van der Waals surface area contributed by atoms with E-state index in [1.54, 1.807) is 0 Å². The third-order valence-corrected chi connectivity index (χ3v) is 4.35. The minimum Gasteiger partial charge on any atom is -0.469 e. The molecule has 2 atom stereocenters. The van der Waals surface area contributed by atoms with Gasteiger partial charge in [0.05, 0.1) is 19.6 Å². The van der Waals surface area contributed by atoms with Crippen molar-refractivity contribution in [3.63, 3.8) is 0 Å². The minimum atomic E-state index is -0.120. The molecule has 1 rings (SSSR count). The van der Waals surface area contributed by atoms with E-state index in [1.807, 2.05) is 0 Å². The molecule has 0 amide bonds. The number of ether oxygens (including phenoxy) is 1. The van der Waals surface area contributed by atoms with Crippen LogP contribution in [0.1, 0.15) is 27.7 Å². The Kier molecular flexibility index (Phi) is 10.8.